The average molecular weight is 678 g/mol. The molecule has 0 fully saturated rings. The van der Waals surface area contributed by atoms with E-state index in [2.05, 4.69) is 60.4 Å². The van der Waals surface area contributed by atoms with E-state index in [1.54, 1.807) is 6.92 Å². The predicted molar refractivity (Wildman–Crippen MR) is 193 cm³/mol. The summed E-state index contributed by atoms with van der Waals surface area (Å²) >= 11 is 0. The number of nitro benzene ring substituents is 2. The number of ether oxygens (including phenoxy) is 2. The molecular formula is C38H51N3O8. The van der Waals surface area contributed by atoms with Crippen molar-refractivity contribution in [2.24, 2.45) is 4.99 Å². The van der Waals surface area contributed by atoms with Crippen LogP contribution in [0.5, 0.6) is 17.2 Å². The van der Waals surface area contributed by atoms with E-state index < -0.39 is 38.6 Å². The summed E-state index contributed by atoms with van der Waals surface area (Å²) < 4.78 is 12.6. The first-order valence-electron chi connectivity index (χ1n) is 16.8. The van der Waals surface area contributed by atoms with Gasteiger partial charge in [0.25, 0.3) is 5.69 Å². The summed E-state index contributed by atoms with van der Waals surface area (Å²) in [7, 11) is 0. The molecule has 3 aromatic carbocycles. The van der Waals surface area contributed by atoms with Gasteiger partial charge in [-0.05, 0) is 66.0 Å². The van der Waals surface area contributed by atoms with E-state index in [0.29, 0.717) is 41.9 Å². The van der Waals surface area contributed by atoms with E-state index in [9.17, 15) is 30.4 Å². The Hall–Kier alpha value is -4.51. The van der Waals surface area contributed by atoms with Crippen LogP contribution in [-0.2, 0) is 16.4 Å². The van der Waals surface area contributed by atoms with Crippen LogP contribution >= 0.6 is 0 Å². The maximum atomic E-state index is 13.4. The number of phenolic OH excluding ortho intramolecular Hbond substituents is 1. The van der Waals surface area contributed by atoms with Gasteiger partial charge in [0, 0.05) is 29.0 Å². The molecule has 0 aliphatic heterocycles. The number of non-ortho nitro benzene ring substituents is 1. The molecule has 0 saturated carbocycles. The Bertz CT molecular complexity index is 1600. The fourth-order valence-corrected chi connectivity index (χ4v) is 5.36. The first-order valence-corrected chi connectivity index (χ1v) is 16.8. The summed E-state index contributed by atoms with van der Waals surface area (Å²) in [6.07, 6.45) is 4.52. The standard InChI is InChI=1S/C38H51N3O8/c1-10-12-18-48-33-16-14-27(36(4,5)6)21-30(33)38(43,31-22-28(37(7,8)9)15-17-34(31)49-19-13-11-2)25(3)39-24-26-20-29(40(44)45)23-32(35(26)42)41(46)47/h14-17,20-25,42-43H,10-13,18-19H2,1-9H3. The minimum Gasteiger partial charge on any atom is -0.502 e. The molecule has 49 heavy (non-hydrogen) atoms. The maximum Gasteiger partial charge on any atom is 0.318 e. The summed E-state index contributed by atoms with van der Waals surface area (Å²) in [6, 6.07) is 12.2. The molecule has 0 spiro atoms. The second kappa shape index (κ2) is 15.8. The van der Waals surface area contributed by atoms with Gasteiger partial charge in [-0.3, -0.25) is 25.2 Å². The third-order valence-corrected chi connectivity index (χ3v) is 8.58. The van der Waals surface area contributed by atoms with Crippen LogP contribution in [0.4, 0.5) is 11.4 Å². The molecule has 0 bridgehead atoms. The number of unbranched alkanes of at least 4 members (excludes halogenated alkanes) is 2. The molecule has 1 atom stereocenters. The van der Waals surface area contributed by atoms with Crippen LogP contribution in [-0.4, -0.2) is 45.5 Å². The van der Waals surface area contributed by atoms with E-state index in [0.717, 1.165) is 49.1 Å². The van der Waals surface area contributed by atoms with Crippen LogP contribution in [0.1, 0.15) is 116 Å². The summed E-state index contributed by atoms with van der Waals surface area (Å²) in [4.78, 5) is 26.2. The Balaban J connectivity index is 2.44. The summed E-state index contributed by atoms with van der Waals surface area (Å²) in [5, 5.41) is 47.4. The topological polar surface area (TPSA) is 158 Å². The highest BCUT2D eigenvalue weighted by Crippen LogP contribution is 2.46. The van der Waals surface area contributed by atoms with Crippen molar-refractivity contribution in [1.82, 2.24) is 0 Å². The van der Waals surface area contributed by atoms with E-state index in [1.807, 2.05) is 36.4 Å². The third kappa shape index (κ3) is 9.14. The van der Waals surface area contributed by atoms with Crippen molar-refractivity contribution in [2.75, 3.05) is 13.2 Å². The summed E-state index contributed by atoms with van der Waals surface area (Å²) in [5.74, 6) is 0.146. The lowest BCUT2D eigenvalue weighted by atomic mass is 9.75. The van der Waals surface area contributed by atoms with Gasteiger partial charge in [-0.15, -0.1) is 0 Å². The molecule has 0 amide bonds. The number of phenols is 1. The van der Waals surface area contributed by atoms with Gasteiger partial charge in [-0.2, -0.15) is 0 Å². The van der Waals surface area contributed by atoms with Gasteiger partial charge in [0.05, 0.1) is 35.2 Å². The molecule has 11 heteroatoms. The lowest BCUT2D eigenvalue weighted by Crippen LogP contribution is -2.39. The third-order valence-electron chi connectivity index (χ3n) is 8.58. The second-order valence-corrected chi connectivity index (χ2v) is 14.5. The number of hydrogen-bond donors (Lipinski definition) is 2. The minimum absolute atomic E-state index is 0.235. The molecular weight excluding hydrogens is 626 g/mol. The number of aliphatic imine (C=N–C) groups is 1. The lowest BCUT2D eigenvalue weighted by Gasteiger charge is -2.37. The molecule has 3 aromatic rings. The van der Waals surface area contributed by atoms with Crippen molar-refractivity contribution < 1.29 is 29.5 Å². The fraction of sp³-hybridized carbons (Fsp3) is 0.500. The van der Waals surface area contributed by atoms with Gasteiger partial charge in [-0.1, -0.05) is 80.4 Å². The zero-order valence-electron chi connectivity index (χ0n) is 30.2. The Morgan fingerprint density at radius 2 is 1.27 bits per heavy atom. The largest absolute Gasteiger partial charge is 0.502 e. The van der Waals surface area contributed by atoms with Crippen molar-refractivity contribution >= 4 is 17.6 Å². The Morgan fingerprint density at radius 1 is 0.796 bits per heavy atom. The minimum atomic E-state index is -1.91. The highest BCUT2D eigenvalue weighted by Gasteiger charge is 2.44. The highest BCUT2D eigenvalue weighted by atomic mass is 16.6. The predicted octanol–water partition coefficient (Wildman–Crippen LogP) is 8.90. The molecule has 0 aliphatic rings. The molecule has 266 valence electrons. The quantitative estimate of drug-likeness (QED) is 0.0698. The molecule has 0 radical (unpaired) electrons. The van der Waals surface area contributed by atoms with Crippen molar-refractivity contribution in [1.29, 1.82) is 0 Å². The van der Waals surface area contributed by atoms with Crippen LogP contribution in [0.15, 0.2) is 53.5 Å². The van der Waals surface area contributed by atoms with E-state index >= 15 is 0 Å². The van der Waals surface area contributed by atoms with Gasteiger partial charge < -0.3 is 19.7 Å². The first kappa shape index (κ1) is 38.9. The molecule has 11 nitrogen and oxygen atoms in total. The molecule has 2 N–H and O–H groups in total. The second-order valence-electron chi connectivity index (χ2n) is 14.5. The van der Waals surface area contributed by atoms with Crippen molar-refractivity contribution in [3.8, 4) is 17.2 Å². The van der Waals surface area contributed by atoms with Crippen molar-refractivity contribution in [2.45, 2.75) is 110 Å². The fourth-order valence-electron chi connectivity index (χ4n) is 5.36. The molecule has 3 rings (SSSR count). The average Bonchev–Trinajstić information content (AvgIpc) is 3.02. The Kier molecular flexibility index (Phi) is 12.6. The SMILES string of the molecule is CCCCOc1ccc(C(C)(C)C)cc1C(O)(c1cc(C(C)(C)C)ccc1OCCCC)C(C)N=Cc1cc([N+](=O)[O-])cc([N+](=O)[O-])c1O. The zero-order valence-corrected chi connectivity index (χ0v) is 30.2. The number of aromatic hydroxyl groups is 1. The van der Waals surface area contributed by atoms with Crippen LogP contribution < -0.4 is 9.47 Å². The number of nitrogens with zero attached hydrogens (tertiary/aromatic N) is 3. The summed E-state index contributed by atoms with van der Waals surface area (Å²) in [6.45, 7) is 19.1. The number of rotatable bonds is 15. The van der Waals surface area contributed by atoms with Crippen LogP contribution in [0, 0.1) is 20.2 Å². The van der Waals surface area contributed by atoms with Gasteiger partial charge in [-0.25, -0.2) is 0 Å². The molecule has 0 aromatic heterocycles. The van der Waals surface area contributed by atoms with E-state index in [-0.39, 0.29) is 16.4 Å². The molecule has 0 saturated heterocycles. The van der Waals surface area contributed by atoms with Crippen LogP contribution in [0.25, 0.3) is 0 Å². The van der Waals surface area contributed by atoms with Crippen molar-refractivity contribution in [3.05, 3.63) is 96.6 Å². The molecule has 1 unspecified atom stereocenters. The van der Waals surface area contributed by atoms with Gasteiger partial charge in [0.15, 0.2) is 0 Å². The zero-order chi connectivity index (χ0) is 36.7. The molecule has 0 heterocycles. The number of aliphatic hydroxyl groups is 1. The monoisotopic (exact) mass is 677 g/mol. The van der Waals surface area contributed by atoms with Crippen LogP contribution in [0.2, 0.25) is 0 Å². The highest BCUT2D eigenvalue weighted by molar-refractivity contribution is 5.87. The van der Waals surface area contributed by atoms with Gasteiger partial charge in [0.1, 0.15) is 17.1 Å². The Morgan fingerprint density at radius 3 is 1.65 bits per heavy atom. The van der Waals surface area contributed by atoms with E-state index in [4.69, 9.17) is 9.47 Å². The smallest absolute Gasteiger partial charge is 0.318 e. The number of hydrogen-bond acceptors (Lipinski definition) is 9. The summed E-state index contributed by atoms with van der Waals surface area (Å²) in [5.41, 5.74) is -1.39. The maximum absolute atomic E-state index is 13.4. The molecule has 0 aliphatic carbocycles. The number of benzene rings is 3. The normalized spacial score (nSPS) is 13.0. The first-order chi connectivity index (χ1) is 22.9. The number of nitro groups is 2. The lowest BCUT2D eigenvalue weighted by molar-refractivity contribution is -0.394. The van der Waals surface area contributed by atoms with Gasteiger partial charge in [0.2, 0.25) is 5.75 Å². The Labute approximate surface area is 289 Å². The van der Waals surface area contributed by atoms with E-state index in [1.165, 1.54) is 0 Å². The van der Waals surface area contributed by atoms with Gasteiger partial charge >= 0.3 is 5.69 Å². The van der Waals surface area contributed by atoms with Crippen molar-refractivity contribution in [3.63, 3.8) is 0 Å². The van der Waals surface area contributed by atoms with Crippen LogP contribution in [0.3, 0.4) is 0 Å².